The lowest BCUT2D eigenvalue weighted by Gasteiger charge is -2.19. The van der Waals surface area contributed by atoms with Crippen molar-refractivity contribution in [3.8, 4) is 5.88 Å². The summed E-state index contributed by atoms with van der Waals surface area (Å²) >= 11 is 0. The van der Waals surface area contributed by atoms with Crippen LogP contribution in [0, 0.1) is 0 Å². The van der Waals surface area contributed by atoms with Gasteiger partial charge in [0, 0.05) is 12.3 Å². The zero-order chi connectivity index (χ0) is 14.4. The normalized spacial score (nSPS) is 11.9. The number of nitrogens with two attached hydrogens (primary N) is 1. The van der Waals surface area contributed by atoms with Crippen LogP contribution in [0.3, 0.4) is 0 Å². The van der Waals surface area contributed by atoms with Crippen molar-refractivity contribution in [1.29, 1.82) is 0 Å². The lowest BCUT2D eigenvalue weighted by molar-refractivity contribution is 0.273. The molecular weight excluding hydrogens is 254 g/mol. The van der Waals surface area contributed by atoms with Crippen LogP contribution in [0.25, 0.3) is 0 Å². The van der Waals surface area contributed by atoms with E-state index in [0.29, 0.717) is 18.0 Å². The zero-order valence-electron chi connectivity index (χ0n) is 11.4. The quantitative estimate of drug-likeness (QED) is 0.698. The van der Waals surface area contributed by atoms with Crippen LogP contribution in [-0.2, 0) is 6.42 Å². The molecule has 0 aliphatic carbocycles. The Balaban J connectivity index is 2.07. The summed E-state index contributed by atoms with van der Waals surface area (Å²) in [5, 5.41) is 12.8. The molecule has 0 radical (unpaired) electrons. The number of aromatic nitrogens is 1. The fraction of sp³-hybridized carbons (Fsp3) is 0.267. The Bertz CT molecular complexity index is 560. The van der Waals surface area contributed by atoms with Crippen molar-refractivity contribution in [3.05, 3.63) is 48.2 Å². The van der Waals surface area contributed by atoms with Gasteiger partial charge in [0.2, 0.25) is 5.88 Å². The summed E-state index contributed by atoms with van der Waals surface area (Å²) in [6.45, 7) is 0.0129. The fourth-order valence-corrected chi connectivity index (χ4v) is 1.98. The van der Waals surface area contributed by atoms with Crippen LogP contribution in [0.4, 0.5) is 11.4 Å². The Labute approximate surface area is 118 Å². The topological polar surface area (TPSA) is 80.4 Å². The molecule has 1 heterocycles. The largest absolute Gasteiger partial charge is 0.481 e. The molecule has 0 aliphatic rings. The molecule has 1 aromatic heterocycles. The number of hydrogen-bond donors (Lipinski definition) is 3. The second kappa shape index (κ2) is 6.77. The summed E-state index contributed by atoms with van der Waals surface area (Å²) in [6, 6.07) is 11.1. The number of ether oxygens (including phenoxy) is 1. The van der Waals surface area contributed by atoms with E-state index in [-0.39, 0.29) is 12.6 Å². The Morgan fingerprint density at radius 3 is 2.85 bits per heavy atom. The third kappa shape index (κ3) is 3.61. The van der Waals surface area contributed by atoms with Crippen molar-refractivity contribution >= 4 is 11.4 Å². The van der Waals surface area contributed by atoms with Crippen LogP contribution in [0.15, 0.2) is 42.6 Å². The van der Waals surface area contributed by atoms with E-state index in [1.807, 2.05) is 36.4 Å². The van der Waals surface area contributed by atoms with Crippen LogP contribution in [-0.4, -0.2) is 29.8 Å². The predicted octanol–water partition coefficient (Wildman–Crippen LogP) is 1.69. The monoisotopic (exact) mass is 273 g/mol. The fourth-order valence-electron chi connectivity index (χ4n) is 1.98. The van der Waals surface area contributed by atoms with E-state index < -0.39 is 0 Å². The van der Waals surface area contributed by atoms with E-state index >= 15 is 0 Å². The highest BCUT2D eigenvalue weighted by molar-refractivity contribution is 5.66. The second-order valence-electron chi connectivity index (χ2n) is 4.52. The van der Waals surface area contributed by atoms with Gasteiger partial charge in [0.15, 0.2) is 0 Å². The molecule has 1 atom stereocenters. The summed E-state index contributed by atoms with van der Waals surface area (Å²) in [4.78, 5) is 4.06. The Hall–Kier alpha value is -2.27. The number of nitrogen functional groups attached to an aromatic ring is 1. The molecule has 20 heavy (non-hydrogen) atoms. The molecule has 0 saturated carbocycles. The number of pyridine rings is 1. The minimum atomic E-state index is -0.119. The van der Waals surface area contributed by atoms with Crippen molar-refractivity contribution in [3.63, 3.8) is 0 Å². The second-order valence-corrected chi connectivity index (χ2v) is 4.52. The number of aliphatic hydroxyl groups excluding tert-OH is 1. The average Bonchev–Trinajstić information content (AvgIpc) is 2.49. The zero-order valence-corrected chi connectivity index (χ0v) is 11.4. The molecule has 0 aliphatic heterocycles. The van der Waals surface area contributed by atoms with Gasteiger partial charge in [-0.1, -0.05) is 12.1 Å². The first-order valence-corrected chi connectivity index (χ1v) is 6.43. The number of para-hydroxylation sites is 2. The Kier molecular flexibility index (Phi) is 4.79. The summed E-state index contributed by atoms with van der Waals surface area (Å²) in [5.74, 6) is 0.568. The van der Waals surface area contributed by atoms with Gasteiger partial charge in [-0.05, 0) is 30.2 Å². The molecule has 1 unspecified atom stereocenters. The van der Waals surface area contributed by atoms with Crippen molar-refractivity contribution < 1.29 is 9.84 Å². The first-order valence-electron chi connectivity index (χ1n) is 6.43. The molecule has 0 saturated heterocycles. The number of anilines is 2. The minimum absolute atomic E-state index is 0.0129. The molecule has 2 aromatic rings. The third-order valence-corrected chi connectivity index (χ3v) is 3.03. The van der Waals surface area contributed by atoms with E-state index in [0.717, 1.165) is 11.3 Å². The summed E-state index contributed by atoms with van der Waals surface area (Å²) in [7, 11) is 1.58. The van der Waals surface area contributed by atoms with Crippen LogP contribution in [0.2, 0.25) is 0 Å². The molecule has 0 spiro atoms. The van der Waals surface area contributed by atoms with Crippen LogP contribution >= 0.6 is 0 Å². The van der Waals surface area contributed by atoms with Crippen molar-refractivity contribution in [2.75, 3.05) is 24.8 Å². The van der Waals surface area contributed by atoms with Gasteiger partial charge in [0.1, 0.15) is 0 Å². The van der Waals surface area contributed by atoms with Gasteiger partial charge in [-0.15, -0.1) is 0 Å². The maximum atomic E-state index is 9.52. The van der Waals surface area contributed by atoms with Crippen molar-refractivity contribution in [1.82, 2.24) is 4.98 Å². The molecular formula is C15H19N3O2. The number of rotatable bonds is 6. The third-order valence-electron chi connectivity index (χ3n) is 3.03. The molecule has 2 rings (SSSR count). The maximum absolute atomic E-state index is 9.52. The number of aliphatic hydroxyl groups is 1. The molecule has 0 fully saturated rings. The average molecular weight is 273 g/mol. The molecule has 0 amide bonds. The van der Waals surface area contributed by atoms with Crippen LogP contribution < -0.4 is 15.8 Å². The Morgan fingerprint density at radius 2 is 2.15 bits per heavy atom. The van der Waals surface area contributed by atoms with Crippen molar-refractivity contribution in [2.24, 2.45) is 0 Å². The highest BCUT2D eigenvalue weighted by Gasteiger charge is 2.10. The smallest absolute Gasteiger partial charge is 0.213 e. The van der Waals surface area contributed by atoms with Gasteiger partial charge in [0.25, 0.3) is 0 Å². The van der Waals surface area contributed by atoms with Crippen LogP contribution in [0.5, 0.6) is 5.88 Å². The van der Waals surface area contributed by atoms with Gasteiger partial charge in [0.05, 0.1) is 31.1 Å². The standard InChI is InChI=1S/C15H19N3O2/c1-20-15-9-11(6-7-17-15)8-12(10-19)18-14-5-3-2-4-13(14)16/h2-7,9,12,18-19H,8,10,16H2,1H3. The van der Waals surface area contributed by atoms with E-state index in [1.165, 1.54) is 0 Å². The lowest BCUT2D eigenvalue weighted by atomic mass is 10.1. The summed E-state index contributed by atoms with van der Waals surface area (Å²) in [6.07, 6.45) is 2.35. The number of nitrogens with one attached hydrogen (secondary N) is 1. The molecule has 5 nitrogen and oxygen atoms in total. The van der Waals surface area contributed by atoms with Gasteiger partial charge in [-0.3, -0.25) is 0 Å². The van der Waals surface area contributed by atoms with E-state index in [1.54, 1.807) is 13.3 Å². The number of hydrogen-bond acceptors (Lipinski definition) is 5. The molecule has 0 bridgehead atoms. The SMILES string of the molecule is COc1cc(CC(CO)Nc2ccccc2N)ccn1. The molecule has 106 valence electrons. The number of nitrogens with zero attached hydrogens (tertiary/aromatic N) is 1. The number of benzene rings is 1. The Morgan fingerprint density at radius 1 is 1.35 bits per heavy atom. The molecule has 1 aromatic carbocycles. The van der Waals surface area contributed by atoms with Gasteiger partial charge in [-0.25, -0.2) is 4.98 Å². The molecule has 4 N–H and O–H groups in total. The highest BCUT2D eigenvalue weighted by atomic mass is 16.5. The maximum Gasteiger partial charge on any atom is 0.213 e. The van der Waals surface area contributed by atoms with Crippen molar-refractivity contribution in [2.45, 2.75) is 12.5 Å². The van der Waals surface area contributed by atoms with E-state index in [9.17, 15) is 5.11 Å². The van der Waals surface area contributed by atoms with E-state index in [2.05, 4.69) is 10.3 Å². The lowest BCUT2D eigenvalue weighted by Crippen LogP contribution is -2.26. The van der Waals surface area contributed by atoms with Gasteiger partial charge >= 0.3 is 0 Å². The highest BCUT2D eigenvalue weighted by Crippen LogP contribution is 2.19. The van der Waals surface area contributed by atoms with Crippen LogP contribution in [0.1, 0.15) is 5.56 Å². The minimum Gasteiger partial charge on any atom is -0.481 e. The molecule has 5 heteroatoms. The number of methoxy groups -OCH3 is 1. The van der Waals surface area contributed by atoms with Gasteiger partial charge in [-0.2, -0.15) is 0 Å². The summed E-state index contributed by atoms with van der Waals surface area (Å²) < 4.78 is 5.09. The van der Waals surface area contributed by atoms with E-state index in [4.69, 9.17) is 10.5 Å². The predicted molar refractivity (Wildman–Crippen MR) is 79.8 cm³/mol. The summed E-state index contributed by atoms with van der Waals surface area (Å²) in [5.41, 5.74) is 8.42. The first-order chi connectivity index (χ1) is 9.72. The van der Waals surface area contributed by atoms with Gasteiger partial charge < -0.3 is 20.9 Å². The first kappa shape index (κ1) is 14.1.